The second-order valence-corrected chi connectivity index (χ2v) is 4.48. The summed E-state index contributed by atoms with van der Waals surface area (Å²) in [5, 5.41) is 11.4. The summed E-state index contributed by atoms with van der Waals surface area (Å²) < 4.78 is 0. The van der Waals surface area contributed by atoms with Crippen molar-refractivity contribution < 1.29 is 14.7 Å². The van der Waals surface area contributed by atoms with Gasteiger partial charge in [0, 0.05) is 12.1 Å². The molecule has 0 bridgehead atoms. The number of aryl methyl sites for hydroxylation is 1. The molecule has 0 aliphatic carbocycles. The molecule has 1 aromatic carbocycles. The van der Waals surface area contributed by atoms with E-state index in [4.69, 9.17) is 10.8 Å². The normalized spacial score (nSPS) is 10.1. The molecule has 1 heterocycles. The molecule has 0 aliphatic heterocycles. The van der Waals surface area contributed by atoms with Crippen LogP contribution >= 0.6 is 0 Å². The average Bonchev–Trinajstić information content (AvgIpc) is 2.47. The zero-order valence-electron chi connectivity index (χ0n) is 11.2. The fourth-order valence-electron chi connectivity index (χ4n) is 1.83. The summed E-state index contributed by atoms with van der Waals surface area (Å²) in [6.45, 7) is 0. The summed E-state index contributed by atoms with van der Waals surface area (Å²) in [6.07, 6.45) is 2.15. The molecule has 0 fully saturated rings. The lowest BCUT2D eigenvalue weighted by Crippen LogP contribution is -2.13. The van der Waals surface area contributed by atoms with Gasteiger partial charge >= 0.3 is 5.97 Å². The monoisotopic (exact) mass is 285 g/mol. The molecule has 0 radical (unpaired) electrons. The number of amides is 1. The molecule has 0 aliphatic rings. The van der Waals surface area contributed by atoms with Crippen LogP contribution in [0.4, 0.5) is 11.4 Å². The Morgan fingerprint density at radius 3 is 2.57 bits per heavy atom. The van der Waals surface area contributed by atoms with Crippen molar-refractivity contribution in [1.82, 2.24) is 4.98 Å². The van der Waals surface area contributed by atoms with Crippen molar-refractivity contribution in [3.8, 4) is 0 Å². The van der Waals surface area contributed by atoms with Gasteiger partial charge in [0.25, 0.3) is 0 Å². The molecule has 0 saturated carbocycles. The van der Waals surface area contributed by atoms with Crippen molar-refractivity contribution in [3.63, 3.8) is 0 Å². The first-order chi connectivity index (χ1) is 10.1. The van der Waals surface area contributed by atoms with Gasteiger partial charge in [0.05, 0.1) is 11.9 Å². The van der Waals surface area contributed by atoms with Crippen molar-refractivity contribution in [1.29, 1.82) is 0 Å². The smallest absolute Gasteiger partial charge is 0.354 e. The van der Waals surface area contributed by atoms with Crippen LogP contribution in [0.1, 0.15) is 22.5 Å². The van der Waals surface area contributed by atoms with E-state index in [1.807, 2.05) is 18.2 Å². The first-order valence-electron chi connectivity index (χ1n) is 6.39. The zero-order valence-corrected chi connectivity index (χ0v) is 11.2. The van der Waals surface area contributed by atoms with Gasteiger partial charge in [-0.1, -0.05) is 18.2 Å². The standard InChI is InChI=1S/C15H15N3O3/c16-12-4-2-1-3-10(12)5-8-14(19)18-11-6-7-13(15(20)21)17-9-11/h1-4,6-7,9H,5,8,16H2,(H,18,19)(H,20,21). The van der Waals surface area contributed by atoms with Crippen molar-refractivity contribution in [2.75, 3.05) is 11.1 Å². The Bertz CT molecular complexity index is 653. The highest BCUT2D eigenvalue weighted by Gasteiger charge is 2.07. The fourth-order valence-corrected chi connectivity index (χ4v) is 1.83. The second kappa shape index (κ2) is 6.51. The van der Waals surface area contributed by atoms with E-state index in [2.05, 4.69) is 10.3 Å². The van der Waals surface area contributed by atoms with E-state index >= 15 is 0 Å². The molecule has 6 heteroatoms. The largest absolute Gasteiger partial charge is 0.477 e. The fraction of sp³-hybridized carbons (Fsp3) is 0.133. The number of nitrogens with one attached hydrogen (secondary N) is 1. The number of hydrogen-bond acceptors (Lipinski definition) is 4. The lowest BCUT2D eigenvalue weighted by atomic mass is 10.1. The van der Waals surface area contributed by atoms with Gasteiger partial charge in [0.15, 0.2) is 0 Å². The van der Waals surface area contributed by atoms with E-state index in [9.17, 15) is 9.59 Å². The molecular weight excluding hydrogens is 270 g/mol. The molecule has 1 aromatic heterocycles. The number of carboxylic acids is 1. The molecule has 21 heavy (non-hydrogen) atoms. The van der Waals surface area contributed by atoms with Crippen molar-refractivity contribution >= 4 is 23.3 Å². The lowest BCUT2D eigenvalue weighted by Gasteiger charge is -2.07. The van der Waals surface area contributed by atoms with E-state index in [-0.39, 0.29) is 18.0 Å². The molecule has 2 rings (SSSR count). The van der Waals surface area contributed by atoms with Gasteiger partial charge in [-0.15, -0.1) is 0 Å². The Balaban J connectivity index is 1.90. The maximum atomic E-state index is 11.8. The number of aromatic carboxylic acids is 1. The first-order valence-corrected chi connectivity index (χ1v) is 6.39. The summed E-state index contributed by atoms with van der Waals surface area (Å²) in [5.41, 5.74) is 7.79. The molecular formula is C15H15N3O3. The highest BCUT2D eigenvalue weighted by atomic mass is 16.4. The van der Waals surface area contributed by atoms with E-state index in [1.165, 1.54) is 18.3 Å². The minimum atomic E-state index is -1.10. The maximum Gasteiger partial charge on any atom is 0.354 e. The van der Waals surface area contributed by atoms with Gasteiger partial charge in [0.2, 0.25) is 5.91 Å². The third-order valence-electron chi connectivity index (χ3n) is 2.94. The van der Waals surface area contributed by atoms with Gasteiger partial charge in [0.1, 0.15) is 5.69 Å². The predicted molar refractivity (Wildman–Crippen MR) is 79.0 cm³/mol. The van der Waals surface area contributed by atoms with E-state index in [1.54, 1.807) is 6.07 Å². The van der Waals surface area contributed by atoms with Gasteiger partial charge in [-0.25, -0.2) is 9.78 Å². The number of nitrogen functional groups attached to an aromatic ring is 1. The Hall–Kier alpha value is -2.89. The SMILES string of the molecule is Nc1ccccc1CCC(=O)Nc1ccc(C(=O)O)nc1. The quantitative estimate of drug-likeness (QED) is 0.728. The number of nitrogens with two attached hydrogens (primary N) is 1. The van der Waals surface area contributed by atoms with Crippen LogP contribution in [-0.4, -0.2) is 22.0 Å². The van der Waals surface area contributed by atoms with E-state index in [0.29, 0.717) is 17.8 Å². The van der Waals surface area contributed by atoms with Crippen molar-refractivity contribution in [3.05, 3.63) is 53.9 Å². The Morgan fingerprint density at radius 1 is 1.19 bits per heavy atom. The summed E-state index contributed by atoms with van der Waals surface area (Å²) in [5.74, 6) is -1.28. The summed E-state index contributed by atoms with van der Waals surface area (Å²) in [7, 11) is 0. The summed E-state index contributed by atoms with van der Waals surface area (Å²) in [6, 6.07) is 10.2. The number of carbonyl (C=O) groups excluding carboxylic acids is 1. The number of carboxylic acid groups (broad SMARTS) is 1. The van der Waals surface area contributed by atoms with Crippen LogP contribution in [0.2, 0.25) is 0 Å². The van der Waals surface area contributed by atoms with Crippen LogP contribution in [-0.2, 0) is 11.2 Å². The number of benzene rings is 1. The van der Waals surface area contributed by atoms with Crippen LogP contribution in [0.5, 0.6) is 0 Å². The minimum absolute atomic E-state index is 0.0648. The topological polar surface area (TPSA) is 105 Å². The molecule has 0 unspecified atom stereocenters. The molecule has 1 amide bonds. The Morgan fingerprint density at radius 2 is 1.95 bits per heavy atom. The van der Waals surface area contributed by atoms with Crippen LogP contribution < -0.4 is 11.1 Å². The Kier molecular flexibility index (Phi) is 4.50. The molecule has 108 valence electrons. The van der Waals surface area contributed by atoms with Crippen LogP contribution in [0.15, 0.2) is 42.6 Å². The molecule has 2 aromatic rings. The molecule has 4 N–H and O–H groups in total. The molecule has 0 atom stereocenters. The van der Waals surface area contributed by atoms with E-state index < -0.39 is 5.97 Å². The number of nitrogens with zero attached hydrogens (tertiary/aromatic N) is 1. The number of anilines is 2. The van der Waals surface area contributed by atoms with Crippen molar-refractivity contribution in [2.24, 2.45) is 0 Å². The highest BCUT2D eigenvalue weighted by molar-refractivity contribution is 5.91. The third kappa shape index (κ3) is 4.04. The third-order valence-corrected chi connectivity index (χ3v) is 2.94. The van der Waals surface area contributed by atoms with Gasteiger partial charge in [-0.2, -0.15) is 0 Å². The number of hydrogen-bond donors (Lipinski definition) is 3. The average molecular weight is 285 g/mol. The highest BCUT2D eigenvalue weighted by Crippen LogP contribution is 2.13. The molecule has 0 saturated heterocycles. The molecule has 0 spiro atoms. The first kappa shape index (κ1) is 14.5. The maximum absolute atomic E-state index is 11.8. The number of pyridine rings is 1. The Labute approximate surface area is 121 Å². The second-order valence-electron chi connectivity index (χ2n) is 4.48. The number of para-hydroxylation sites is 1. The number of rotatable bonds is 5. The van der Waals surface area contributed by atoms with Gasteiger partial charge in [-0.05, 0) is 30.2 Å². The number of carbonyl (C=O) groups is 2. The van der Waals surface area contributed by atoms with Crippen LogP contribution in [0, 0.1) is 0 Å². The minimum Gasteiger partial charge on any atom is -0.477 e. The number of aromatic nitrogens is 1. The summed E-state index contributed by atoms with van der Waals surface area (Å²) >= 11 is 0. The van der Waals surface area contributed by atoms with Gasteiger partial charge < -0.3 is 16.2 Å². The van der Waals surface area contributed by atoms with Crippen LogP contribution in [0.25, 0.3) is 0 Å². The van der Waals surface area contributed by atoms with Crippen molar-refractivity contribution in [2.45, 2.75) is 12.8 Å². The van der Waals surface area contributed by atoms with Gasteiger partial charge in [-0.3, -0.25) is 4.79 Å². The summed E-state index contributed by atoms with van der Waals surface area (Å²) in [4.78, 5) is 26.2. The zero-order chi connectivity index (χ0) is 15.2. The van der Waals surface area contributed by atoms with Crippen LogP contribution in [0.3, 0.4) is 0 Å². The molecule has 6 nitrogen and oxygen atoms in total. The predicted octanol–water partition coefficient (Wildman–Crippen LogP) is 1.93. The van der Waals surface area contributed by atoms with E-state index in [0.717, 1.165) is 5.56 Å². The lowest BCUT2D eigenvalue weighted by molar-refractivity contribution is -0.116.